The minimum Gasteiger partial charge on any atom is -0.388 e. The lowest BCUT2D eigenvalue weighted by Gasteiger charge is -2.25. The molecule has 0 saturated carbocycles. The summed E-state index contributed by atoms with van der Waals surface area (Å²) in [6, 6.07) is 0. The molecule has 3 nitrogen and oxygen atoms in total. The smallest absolute Gasteiger partial charge is 0.220 e. The molecule has 0 aliphatic rings. The molecule has 0 aromatic heterocycles. The highest BCUT2D eigenvalue weighted by molar-refractivity contribution is 5.75. The summed E-state index contributed by atoms with van der Waals surface area (Å²) in [5, 5.41) is 13.0. The average molecular weight is 299 g/mol. The van der Waals surface area contributed by atoms with Crippen molar-refractivity contribution in [3.05, 3.63) is 0 Å². The zero-order valence-electron chi connectivity index (χ0n) is 14.5. The van der Waals surface area contributed by atoms with Gasteiger partial charge in [-0.2, -0.15) is 0 Å². The summed E-state index contributed by atoms with van der Waals surface area (Å²) in [6.07, 6.45) is 13.4. The lowest BCUT2D eigenvalue weighted by atomic mass is 9.97. The molecule has 21 heavy (non-hydrogen) atoms. The van der Waals surface area contributed by atoms with Crippen LogP contribution in [0.25, 0.3) is 0 Å². The van der Waals surface area contributed by atoms with Crippen LogP contribution in [0.2, 0.25) is 0 Å². The molecule has 0 bridgehead atoms. The van der Waals surface area contributed by atoms with Gasteiger partial charge < -0.3 is 10.4 Å². The van der Waals surface area contributed by atoms with Crippen molar-refractivity contribution in [2.24, 2.45) is 0 Å². The number of amides is 1. The van der Waals surface area contributed by atoms with Crippen molar-refractivity contribution >= 4 is 5.91 Å². The minimum absolute atomic E-state index is 0.0817. The second kappa shape index (κ2) is 13.1. The van der Waals surface area contributed by atoms with Crippen LogP contribution in [0.15, 0.2) is 0 Å². The normalized spacial score (nSPS) is 11.6. The van der Waals surface area contributed by atoms with Crippen LogP contribution >= 0.6 is 0 Å². The molecular formula is C18H37NO2. The molecular weight excluding hydrogens is 262 g/mol. The van der Waals surface area contributed by atoms with Crippen LogP contribution in [-0.4, -0.2) is 23.2 Å². The number of rotatable bonds is 14. The maximum atomic E-state index is 11.7. The number of unbranched alkanes of at least 4 members (excludes halogenated alkanes) is 8. The first-order chi connectivity index (χ1) is 10.1. The van der Waals surface area contributed by atoms with Crippen molar-refractivity contribution in [2.75, 3.05) is 6.54 Å². The van der Waals surface area contributed by atoms with Gasteiger partial charge in [-0.25, -0.2) is 0 Å². The Hall–Kier alpha value is -0.570. The number of carbonyl (C=O) groups is 1. The van der Waals surface area contributed by atoms with Gasteiger partial charge in [-0.3, -0.25) is 4.79 Å². The highest BCUT2D eigenvalue weighted by Gasteiger charge is 2.22. The lowest BCUT2D eigenvalue weighted by Crippen LogP contribution is -2.41. The molecule has 0 heterocycles. The highest BCUT2D eigenvalue weighted by atomic mass is 16.3. The first-order valence-corrected chi connectivity index (χ1v) is 9.07. The minimum atomic E-state index is -0.728. The van der Waals surface area contributed by atoms with Crippen LogP contribution in [0.1, 0.15) is 97.8 Å². The molecule has 0 spiro atoms. The Morgan fingerprint density at radius 2 is 1.33 bits per heavy atom. The first-order valence-electron chi connectivity index (χ1n) is 9.07. The molecule has 0 aliphatic carbocycles. The van der Waals surface area contributed by atoms with Gasteiger partial charge in [-0.1, -0.05) is 72.1 Å². The highest BCUT2D eigenvalue weighted by Crippen LogP contribution is 2.13. The largest absolute Gasteiger partial charge is 0.388 e. The third-order valence-corrected chi connectivity index (χ3v) is 4.44. The fourth-order valence-electron chi connectivity index (χ4n) is 2.45. The molecule has 0 atom stereocenters. The van der Waals surface area contributed by atoms with E-state index in [0.29, 0.717) is 25.8 Å². The van der Waals surface area contributed by atoms with E-state index in [1.807, 2.05) is 13.8 Å². The maximum absolute atomic E-state index is 11.7. The Morgan fingerprint density at radius 3 is 1.81 bits per heavy atom. The molecule has 1 amide bonds. The van der Waals surface area contributed by atoms with E-state index >= 15 is 0 Å². The van der Waals surface area contributed by atoms with Gasteiger partial charge in [0.2, 0.25) is 5.91 Å². The van der Waals surface area contributed by atoms with Crippen LogP contribution in [0.3, 0.4) is 0 Å². The Bertz CT molecular complexity index is 250. The number of hydrogen-bond acceptors (Lipinski definition) is 2. The van der Waals surface area contributed by atoms with E-state index in [-0.39, 0.29) is 5.91 Å². The van der Waals surface area contributed by atoms with Crippen molar-refractivity contribution < 1.29 is 9.90 Å². The molecule has 0 fully saturated rings. The van der Waals surface area contributed by atoms with Crippen LogP contribution in [0.5, 0.6) is 0 Å². The van der Waals surface area contributed by atoms with E-state index in [9.17, 15) is 9.90 Å². The molecule has 3 heteroatoms. The monoisotopic (exact) mass is 299 g/mol. The molecule has 0 saturated heterocycles. The number of hydrogen-bond donors (Lipinski definition) is 2. The van der Waals surface area contributed by atoms with Crippen LogP contribution in [0, 0.1) is 0 Å². The van der Waals surface area contributed by atoms with Gasteiger partial charge in [0.05, 0.1) is 5.60 Å². The lowest BCUT2D eigenvalue weighted by molar-refractivity contribution is -0.122. The zero-order chi connectivity index (χ0) is 16.0. The number of nitrogens with one attached hydrogen (secondary N) is 1. The van der Waals surface area contributed by atoms with Gasteiger partial charge in [0, 0.05) is 13.0 Å². The summed E-state index contributed by atoms with van der Waals surface area (Å²) in [5.41, 5.74) is -0.728. The van der Waals surface area contributed by atoms with Crippen LogP contribution < -0.4 is 5.32 Å². The number of carbonyl (C=O) groups excluding carboxylic acids is 1. The van der Waals surface area contributed by atoms with Gasteiger partial charge in [0.1, 0.15) is 0 Å². The van der Waals surface area contributed by atoms with Gasteiger partial charge >= 0.3 is 0 Å². The predicted octanol–water partition coefficient (Wildman–Crippen LogP) is 4.57. The Kier molecular flexibility index (Phi) is 12.8. The third kappa shape index (κ3) is 11.7. The Balaban J connectivity index is 3.42. The molecule has 0 radical (unpaired) electrons. The fraction of sp³-hybridized carbons (Fsp3) is 0.944. The molecule has 2 N–H and O–H groups in total. The number of aliphatic hydroxyl groups is 1. The van der Waals surface area contributed by atoms with Crippen molar-refractivity contribution in [1.29, 1.82) is 0 Å². The van der Waals surface area contributed by atoms with Gasteiger partial charge in [0.15, 0.2) is 0 Å². The second-order valence-corrected chi connectivity index (χ2v) is 6.29. The quantitative estimate of drug-likeness (QED) is 0.461. The van der Waals surface area contributed by atoms with E-state index in [2.05, 4.69) is 12.2 Å². The van der Waals surface area contributed by atoms with Gasteiger partial charge in [-0.05, 0) is 19.3 Å². The van der Waals surface area contributed by atoms with Crippen molar-refractivity contribution in [1.82, 2.24) is 5.32 Å². The molecule has 0 aromatic carbocycles. The van der Waals surface area contributed by atoms with E-state index < -0.39 is 5.60 Å². The standard InChI is InChI=1S/C18H37NO2/c1-4-7-8-9-10-11-12-13-14-15-17(20)19-16-18(21,5-2)6-3/h21H,4-16H2,1-3H3,(H,19,20). The molecule has 0 aliphatic heterocycles. The zero-order valence-corrected chi connectivity index (χ0v) is 14.5. The SMILES string of the molecule is CCCCCCCCCCCC(=O)NCC(O)(CC)CC. The van der Waals surface area contributed by atoms with Crippen LogP contribution in [-0.2, 0) is 4.79 Å². The maximum Gasteiger partial charge on any atom is 0.220 e. The summed E-state index contributed by atoms with van der Waals surface area (Å²) in [5.74, 6) is 0.0817. The summed E-state index contributed by atoms with van der Waals surface area (Å²) in [4.78, 5) is 11.7. The summed E-state index contributed by atoms with van der Waals surface area (Å²) < 4.78 is 0. The average Bonchev–Trinajstić information content (AvgIpc) is 2.51. The van der Waals surface area contributed by atoms with Gasteiger partial charge in [0.25, 0.3) is 0 Å². The predicted molar refractivity (Wildman–Crippen MR) is 90.4 cm³/mol. The Labute approximate surface area is 131 Å². The topological polar surface area (TPSA) is 49.3 Å². The summed E-state index contributed by atoms with van der Waals surface area (Å²) in [6.45, 7) is 6.54. The molecule has 126 valence electrons. The molecule has 0 aromatic rings. The van der Waals surface area contributed by atoms with E-state index in [1.54, 1.807) is 0 Å². The third-order valence-electron chi connectivity index (χ3n) is 4.44. The van der Waals surface area contributed by atoms with E-state index in [0.717, 1.165) is 12.8 Å². The van der Waals surface area contributed by atoms with Crippen molar-refractivity contribution in [3.63, 3.8) is 0 Å². The van der Waals surface area contributed by atoms with Crippen molar-refractivity contribution in [3.8, 4) is 0 Å². The molecule has 0 rings (SSSR count). The second-order valence-electron chi connectivity index (χ2n) is 6.29. The first kappa shape index (κ1) is 20.4. The van der Waals surface area contributed by atoms with Crippen molar-refractivity contribution in [2.45, 2.75) is 103 Å². The fourth-order valence-corrected chi connectivity index (χ4v) is 2.45. The van der Waals surface area contributed by atoms with E-state index in [4.69, 9.17) is 0 Å². The summed E-state index contributed by atoms with van der Waals surface area (Å²) in [7, 11) is 0. The van der Waals surface area contributed by atoms with Gasteiger partial charge in [-0.15, -0.1) is 0 Å². The van der Waals surface area contributed by atoms with E-state index in [1.165, 1.54) is 44.9 Å². The Morgan fingerprint density at radius 1 is 0.857 bits per heavy atom. The molecule has 0 unspecified atom stereocenters. The summed E-state index contributed by atoms with van der Waals surface area (Å²) >= 11 is 0. The van der Waals surface area contributed by atoms with Crippen LogP contribution in [0.4, 0.5) is 0 Å².